The van der Waals surface area contributed by atoms with Crippen molar-refractivity contribution in [3.8, 4) is 0 Å². The molecule has 1 saturated heterocycles. The minimum Gasteiger partial charge on any atom is -0.387 e. The van der Waals surface area contributed by atoms with E-state index < -0.39 is 6.10 Å². The summed E-state index contributed by atoms with van der Waals surface area (Å²) in [5.41, 5.74) is 4.71. The Bertz CT molecular complexity index is 861. The average molecular weight is 424 g/mol. The monoisotopic (exact) mass is 423 g/mol. The normalized spacial score (nSPS) is 22.7. The Morgan fingerprint density at radius 3 is 2.48 bits per heavy atom. The molecule has 0 spiro atoms. The summed E-state index contributed by atoms with van der Waals surface area (Å²) in [4.78, 5) is 14.0. The summed E-state index contributed by atoms with van der Waals surface area (Å²) >= 11 is 0. The van der Waals surface area contributed by atoms with Crippen LogP contribution < -0.4 is 10.2 Å². The lowest BCUT2D eigenvalue weighted by Crippen LogP contribution is -2.49. The minimum absolute atomic E-state index is 0.312. The zero-order chi connectivity index (χ0) is 22.0. The molecule has 0 saturated carbocycles. The Hall–Kier alpha value is -2.02. The molecule has 1 aliphatic carbocycles. The predicted octanol–water partition coefficient (Wildman–Crippen LogP) is 3.23. The van der Waals surface area contributed by atoms with Crippen LogP contribution >= 0.6 is 0 Å². The lowest BCUT2D eigenvalue weighted by atomic mass is 9.96. The number of benzene rings is 1. The number of hydrogen-bond acceptors (Lipinski definition) is 6. The van der Waals surface area contributed by atoms with Crippen LogP contribution in [0.3, 0.4) is 0 Å². The summed E-state index contributed by atoms with van der Waals surface area (Å²) in [6.07, 6.45) is 1.92. The fourth-order valence-corrected chi connectivity index (χ4v) is 4.91. The van der Waals surface area contributed by atoms with E-state index in [1.807, 2.05) is 0 Å². The lowest BCUT2D eigenvalue weighted by molar-refractivity contribution is 0.170. The Kier molecular flexibility index (Phi) is 6.89. The molecule has 4 rings (SSSR count). The van der Waals surface area contributed by atoms with Crippen molar-refractivity contribution in [2.45, 2.75) is 58.1 Å². The number of aliphatic hydroxyl groups excluding tert-OH is 1. The first-order valence-electron chi connectivity index (χ1n) is 11.7. The third-order valence-corrected chi connectivity index (χ3v) is 6.75. The molecule has 31 heavy (non-hydrogen) atoms. The van der Waals surface area contributed by atoms with E-state index >= 15 is 0 Å². The van der Waals surface area contributed by atoms with Gasteiger partial charge in [-0.15, -0.1) is 0 Å². The van der Waals surface area contributed by atoms with Crippen LogP contribution in [0.15, 0.2) is 30.6 Å². The van der Waals surface area contributed by atoms with Crippen LogP contribution in [-0.4, -0.2) is 65.3 Å². The van der Waals surface area contributed by atoms with Crippen molar-refractivity contribution in [1.82, 2.24) is 20.2 Å². The summed E-state index contributed by atoms with van der Waals surface area (Å²) in [6, 6.07) is 9.51. The van der Waals surface area contributed by atoms with E-state index in [2.05, 4.69) is 77.0 Å². The molecule has 2 aliphatic rings. The van der Waals surface area contributed by atoms with E-state index in [9.17, 15) is 5.11 Å². The fourth-order valence-electron chi connectivity index (χ4n) is 4.91. The van der Waals surface area contributed by atoms with Gasteiger partial charge in [-0.2, -0.15) is 0 Å². The number of fused-ring (bicyclic) bond motifs is 1. The zero-order valence-corrected chi connectivity index (χ0v) is 19.4. The van der Waals surface area contributed by atoms with Gasteiger partial charge in [-0.1, -0.05) is 50.6 Å². The molecule has 2 aromatic rings. The van der Waals surface area contributed by atoms with Crippen molar-refractivity contribution >= 4 is 5.82 Å². The number of piperazine rings is 1. The summed E-state index contributed by atoms with van der Waals surface area (Å²) in [6.45, 7) is 14.8. The number of anilines is 1. The topological polar surface area (TPSA) is 64.5 Å². The van der Waals surface area contributed by atoms with Crippen molar-refractivity contribution in [3.05, 3.63) is 53.0 Å². The maximum atomic E-state index is 10.3. The predicted molar refractivity (Wildman–Crippen MR) is 126 cm³/mol. The first kappa shape index (κ1) is 22.2. The number of rotatable bonds is 7. The maximum absolute atomic E-state index is 10.3. The van der Waals surface area contributed by atoms with Gasteiger partial charge in [0.25, 0.3) is 0 Å². The van der Waals surface area contributed by atoms with Gasteiger partial charge >= 0.3 is 0 Å². The number of aromatic nitrogens is 2. The molecule has 2 heterocycles. The SMILES string of the molecule is Cc1ccc(C(CNC(C)C)CN2CCN(c3ncnc4c3[C@H](C)C[C@H]4O)CC2)cc1. The van der Waals surface area contributed by atoms with E-state index in [4.69, 9.17) is 0 Å². The average Bonchev–Trinajstić information content (AvgIpc) is 3.06. The van der Waals surface area contributed by atoms with Gasteiger partial charge in [-0.05, 0) is 24.8 Å². The molecule has 168 valence electrons. The highest BCUT2D eigenvalue weighted by Gasteiger charge is 2.33. The summed E-state index contributed by atoms with van der Waals surface area (Å²) in [5.74, 6) is 1.82. The van der Waals surface area contributed by atoms with Crippen LogP contribution in [0.2, 0.25) is 0 Å². The van der Waals surface area contributed by atoms with Gasteiger partial charge in [0, 0.05) is 56.8 Å². The molecule has 1 aromatic carbocycles. The van der Waals surface area contributed by atoms with Crippen LogP contribution in [0.4, 0.5) is 5.82 Å². The first-order chi connectivity index (χ1) is 14.9. The van der Waals surface area contributed by atoms with Crippen molar-refractivity contribution < 1.29 is 5.11 Å². The summed E-state index contributed by atoms with van der Waals surface area (Å²) in [5, 5.41) is 14.0. The molecule has 1 aliphatic heterocycles. The van der Waals surface area contributed by atoms with Crippen LogP contribution in [-0.2, 0) is 0 Å². The van der Waals surface area contributed by atoms with Gasteiger partial charge in [-0.25, -0.2) is 9.97 Å². The molecule has 0 radical (unpaired) electrons. The molecule has 1 unspecified atom stereocenters. The number of nitrogens with one attached hydrogen (secondary N) is 1. The van der Waals surface area contributed by atoms with Crippen molar-refractivity contribution in [2.24, 2.45) is 0 Å². The molecule has 1 fully saturated rings. The molecule has 6 heteroatoms. The van der Waals surface area contributed by atoms with Crippen LogP contribution in [0, 0.1) is 6.92 Å². The molecule has 1 aromatic heterocycles. The van der Waals surface area contributed by atoms with E-state index in [1.54, 1.807) is 6.33 Å². The van der Waals surface area contributed by atoms with E-state index in [0.29, 0.717) is 17.9 Å². The Labute approximate surface area is 186 Å². The molecule has 6 nitrogen and oxygen atoms in total. The first-order valence-corrected chi connectivity index (χ1v) is 11.7. The molecule has 0 amide bonds. The molecule has 0 bridgehead atoms. The largest absolute Gasteiger partial charge is 0.387 e. The minimum atomic E-state index is -0.447. The highest BCUT2D eigenvalue weighted by molar-refractivity contribution is 5.53. The van der Waals surface area contributed by atoms with E-state index in [1.165, 1.54) is 11.1 Å². The van der Waals surface area contributed by atoms with Crippen LogP contribution in [0.1, 0.15) is 67.5 Å². The van der Waals surface area contributed by atoms with Crippen molar-refractivity contribution in [1.29, 1.82) is 0 Å². The van der Waals surface area contributed by atoms with Crippen molar-refractivity contribution in [2.75, 3.05) is 44.2 Å². The quantitative estimate of drug-likeness (QED) is 0.713. The van der Waals surface area contributed by atoms with E-state index in [-0.39, 0.29) is 0 Å². The van der Waals surface area contributed by atoms with Crippen LogP contribution in [0.25, 0.3) is 0 Å². The van der Waals surface area contributed by atoms with Gasteiger partial charge < -0.3 is 15.3 Å². The molecule has 3 atom stereocenters. The van der Waals surface area contributed by atoms with Crippen molar-refractivity contribution in [3.63, 3.8) is 0 Å². The fraction of sp³-hybridized carbons (Fsp3) is 0.600. The zero-order valence-electron chi connectivity index (χ0n) is 19.4. The Balaban J connectivity index is 1.41. The summed E-state index contributed by atoms with van der Waals surface area (Å²) < 4.78 is 0. The Morgan fingerprint density at radius 2 is 1.81 bits per heavy atom. The second-order valence-electron chi connectivity index (χ2n) is 9.61. The third kappa shape index (κ3) is 5.08. The van der Waals surface area contributed by atoms with Gasteiger partial charge in [0.15, 0.2) is 0 Å². The van der Waals surface area contributed by atoms with E-state index in [0.717, 1.165) is 62.8 Å². The molecular formula is C25H37N5O. The van der Waals surface area contributed by atoms with Crippen LogP contribution in [0.5, 0.6) is 0 Å². The second-order valence-corrected chi connectivity index (χ2v) is 9.61. The number of aryl methyl sites for hydroxylation is 1. The van der Waals surface area contributed by atoms with Gasteiger partial charge in [-0.3, -0.25) is 4.90 Å². The van der Waals surface area contributed by atoms with Gasteiger partial charge in [0.1, 0.15) is 12.1 Å². The second kappa shape index (κ2) is 9.63. The third-order valence-electron chi connectivity index (χ3n) is 6.75. The number of nitrogens with zero attached hydrogens (tertiary/aromatic N) is 4. The van der Waals surface area contributed by atoms with Gasteiger partial charge in [0.2, 0.25) is 0 Å². The smallest absolute Gasteiger partial charge is 0.135 e. The molecular weight excluding hydrogens is 386 g/mol. The standard InChI is InChI=1S/C25H37N5O/c1-17(2)26-14-21(20-7-5-18(3)6-8-20)15-29-9-11-30(12-10-29)25-23-19(4)13-22(31)24(23)27-16-28-25/h5-8,16-17,19,21-22,26,31H,9-15H2,1-4H3/t19-,21?,22-/m1/s1. The number of aliphatic hydroxyl groups is 1. The molecule has 2 N–H and O–H groups in total. The van der Waals surface area contributed by atoms with Gasteiger partial charge in [0.05, 0.1) is 11.8 Å². The highest BCUT2D eigenvalue weighted by atomic mass is 16.3. The Morgan fingerprint density at radius 1 is 1.10 bits per heavy atom. The highest BCUT2D eigenvalue weighted by Crippen LogP contribution is 2.42. The lowest BCUT2D eigenvalue weighted by Gasteiger charge is -2.38. The maximum Gasteiger partial charge on any atom is 0.135 e. The number of hydrogen-bond donors (Lipinski definition) is 2. The summed E-state index contributed by atoms with van der Waals surface area (Å²) in [7, 11) is 0.